The molecule has 1 aromatic heterocycles. The molecule has 1 rings (SSSR count). The van der Waals surface area contributed by atoms with Gasteiger partial charge >= 0.3 is 0 Å². The Bertz CT molecular complexity index is 552. The zero-order valence-corrected chi connectivity index (χ0v) is 14.5. The molecule has 0 spiro atoms. The smallest absolute Gasteiger partial charge is 0.191 e. The van der Waals surface area contributed by atoms with Crippen LogP contribution < -0.4 is 10.6 Å². The van der Waals surface area contributed by atoms with E-state index in [9.17, 15) is 8.42 Å². The highest BCUT2D eigenvalue weighted by Gasteiger charge is 2.07. The van der Waals surface area contributed by atoms with E-state index in [1.54, 1.807) is 18.3 Å². The van der Waals surface area contributed by atoms with Gasteiger partial charge in [-0.15, -0.1) is 11.3 Å². The van der Waals surface area contributed by atoms with Gasteiger partial charge in [-0.3, -0.25) is 0 Å². The molecule has 0 saturated heterocycles. The number of nitrogens with zero attached hydrogens (tertiary/aromatic N) is 2. The lowest BCUT2D eigenvalue weighted by Gasteiger charge is -2.10. The van der Waals surface area contributed by atoms with Gasteiger partial charge < -0.3 is 10.6 Å². The van der Waals surface area contributed by atoms with Crippen molar-refractivity contribution in [1.82, 2.24) is 15.6 Å². The molecule has 120 valence electrons. The third-order valence-corrected chi connectivity index (χ3v) is 5.64. The fourth-order valence-electron chi connectivity index (χ4n) is 1.54. The Labute approximate surface area is 131 Å². The molecule has 0 aliphatic rings. The van der Waals surface area contributed by atoms with Crippen molar-refractivity contribution >= 4 is 27.1 Å². The van der Waals surface area contributed by atoms with Gasteiger partial charge in [0.05, 0.1) is 12.3 Å². The lowest BCUT2D eigenvalue weighted by Crippen LogP contribution is -2.39. The topological polar surface area (TPSA) is 83.4 Å². The summed E-state index contributed by atoms with van der Waals surface area (Å²) < 4.78 is 22.9. The fourth-order valence-corrected chi connectivity index (χ4v) is 3.03. The maximum absolute atomic E-state index is 11.4. The highest BCUT2D eigenvalue weighted by Crippen LogP contribution is 2.13. The van der Waals surface area contributed by atoms with Crippen LogP contribution in [0.2, 0.25) is 0 Å². The molecule has 0 unspecified atom stereocenters. The average Bonchev–Trinajstić information content (AvgIpc) is 2.92. The number of nitrogens with one attached hydrogen (secondary N) is 2. The molecule has 1 heterocycles. The Morgan fingerprint density at radius 2 is 2.10 bits per heavy atom. The second-order valence-electron chi connectivity index (χ2n) is 4.43. The molecule has 0 radical (unpaired) electrons. The van der Waals surface area contributed by atoms with Gasteiger partial charge in [-0.2, -0.15) is 0 Å². The van der Waals surface area contributed by atoms with E-state index in [-0.39, 0.29) is 11.5 Å². The first kappa shape index (κ1) is 17.9. The van der Waals surface area contributed by atoms with E-state index in [4.69, 9.17) is 0 Å². The molecular formula is C13H24N4O2S2. The van der Waals surface area contributed by atoms with Gasteiger partial charge in [-0.05, 0) is 13.3 Å². The summed E-state index contributed by atoms with van der Waals surface area (Å²) in [5, 5.41) is 7.10. The van der Waals surface area contributed by atoms with Crippen LogP contribution in [0.1, 0.15) is 30.7 Å². The molecule has 6 nitrogen and oxygen atoms in total. The number of sulfone groups is 1. The van der Waals surface area contributed by atoms with Crippen LogP contribution in [0.3, 0.4) is 0 Å². The number of thiazole rings is 1. The summed E-state index contributed by atoms with van der Waals surface area (Å²) in [6.45, 7) is 7.31. The van der Waals surface area contributed by atoms with E-state index in [1.807, 2.05) is 13.1 Å². The number of aryl methyl sites for hydroxylation is 1. The minimum absolute atomic E-state index is 0.116. The van der Waals surface area contributed by atoms with Gasteiger partial charge in [0.2, 0.25) is 0 Å². The van der Waals surface area contributed by atoms with Gasteiger partial charge in [-0.25, -0.2) is 18.4 Å². The summed E-state index contributed by atoms with van der Waals surface area (Å²) >= 11 is 1.66. The van der Waals surface area contributed by atoms with E-state index in [1.165, 1.54) is 4.88 Å². The number of rotatable bonds is 8. The summed E-state index contributed by atoms with van der Waals surface area (Å²) in [4.78, 5) is 9.98. The van der Waals surface area contributed by atoms with Crippen molar-refractivity contribution in [2.75, 3.05) is 24.6 Å². The van der Waals surface area contributed by atoms with Crippen LogP contribution in [0.4, 0.5) is 0 Å². The molecule has 21 heavy (non-hydrogen) atoms. The first-order chi connectivity index (χ1) is 10.0. The predicted molar refractivity (Wildman–Crippen MR) is 88.6 cm³/mol. The lowest BCUT2D eigenvalue weighted by atomic mass is 10.4. The van der Waals surface area contributed by atoms with Crippen LogP contribution in [-0.4, -0.2) is 44.0 Å². The Kier molecular flexibility index (Phi) is 7.66. The van der Waals surface area contributed by atoms with Crippen LogP contribution in [0.5, 0.6) is 0 Å². The van der Waals surface area contributed by atoms with Crippen molar-refractivity contribution in [3.8, 4) is 0 Å². The zero-order chi connectivity index (χ0) is 15.7. The van der Waals surface area contributed by atoms with Crippen molar-refractivity contribution in [1.29, 1.82) is 0 Å². The van der Waals surface area contributed by atoms with Crippen LogP contribution in [0.15, 0.2) is 11.2 Å². The van der Waals surface area contributed by atoms with E-state index in [0.717, 1.165) is 18.0 Å². The van der Waals surface area contributed by atoms with Gasteiger partial charge in [-0.1, -0.05) is 13.8 Å². The Morgan fingerprint density at radius 3 is 2.67 bits per heavy atom. The molecule has 0 aromatic carbocycles. The molecule has 0 aliphatic carbocycles. The standard InChI is InChI=1S/C13H24N4O2S2/c1-4-11-9-16-12(20-11)10-17-13(14-5-2)15-7-8-21(18,19)6-3/h9H,4-8,10H2,1-3H3,(H2,14,15,17). The number of aromatic nitrogens is 1. The van der Waals surface area contributed by atoms with E-state index < -0.39 is 9.84 Å². The highest BCUT2D eigenvalue weighted by molar-refractivity contribution is 7.91. The van der Waals surface area contributed by atoms with Crippen molar-refractivity contribution in [2.24, 2.45) is 4.99 Å². The minimum Gasteiger partial charge on any atom is -0.357 e. The molecule has 0 atom stereocenters. The molecule has 0 amide bonds. The van der Waals surface area contributed by atoms with Gasteiger partial charge in [0.15, 0.2) is 15.8 Å². The number of guanidine groups is 1. The maximum Gasteiger partial charge on any atom is 0.191 e. The summed E-state index contributed by atoms with van der Waals surface area (Å²) in [6.07, 6.45) is 2.86. The molecule has 1 aromatic rings. The van der Waals surface area contributed by atoms with Crippen LogP contribution >= 0.6 is 11.3 Å². The molecule has 0 saturated carbocycles. The second-order valence-corrected chi connectivity index (χ2v) is 8.10. The molecule has 2 N–H and O–H groups in total. The first-order valence-electron chi connectivity index (χ1n) is 7.16. The second kappa shape index (κ2) is 8.99. The van der Waals surface area contributed by atoms with E-state index >= 15 is 0 Å². The molecule has 0 fully saturated rings. The quantitative estimate of drug-likeness (QED) is 0.552. The van der Waals surface area contributed by atoms with Crippen LogP contribution in [0.25, 0.3) is 0 Å². The first-order valence-corrected chi connectivity index (χ1v) is 9.80. The average molecular weight is 332 g/mol. The monoisotopic (exact) mass is 332 g/mol. The minimum atomic E-state index is -2.95. The highest BCUT2D eigenvalue weighted by atomic mass is 32.2. The molecule has 8 heteroatoms. The zero-order valence-electron chi connectivity index (χ0n) is 12.8. The Hall–Kier alpha value is -1.15. The van der Waals surface area contributed by atoms with Crippen molar-refractivity contribution in [3.63, 3.8) is 0 Å². The van der Waals surface area contributed by atoms with Crippen molar-refractivity contribution in [2.45, 2.75) is 33.7 Å². The molecular weight excluding hydrogens is 308 g/mol. The number of hydrogen-bond donors (Lipinski definition) is 2. The third-order valence-electron chi connectivity index (χ3n) is 2.81. The lowest BCUT2D eigenvalue weighted by molar-refractivity contribution is 0.595. The van der Waals surface area contributed by atoms with Crippen molar-refractivity contribution < 1.29 is 8.42 Å². The van der Waals surface area contributed by atoms with Gasteiger partial charge in [0.1, 0.15) is 5.01 Å². The Balaban J connectivity index is 2.53. The summed E-state index contributed by atoms with van der Waals surface area (Å²) in [6, 6.07) is 0. The number of aliphatic imine (C=N–C) groups is 1. The molecule has 0 bridgehead atoms. The van der Waals surface area contributed by atoms with Crippen molar-refractivity contribution in [3.05, 3.63) is 16.1 Å². The summed E-state index contributed by atoms with van der Waals surface area (Å²) in [5.41, 5.74) is 0. The summed E-state index contributed by atoms with van der Waals surface area (Å²) in [5.74, 6) is 0.906. The van der Waals surface area contributed by atoms with Crippen LogP contribution in [-0.2, 0) is 22.8 Å². The number of hydrogen-bond acceptors (Lipinski definition) is 5. The summed E-state index contributed by atoms with van der Waals surface area (Å²) in [7, 11) is -2.95. The fraction of sp³-hybridized carbons (Fsp3) is 0.692. The van der Waals surface area contributed by atoms with E-state index in [0.29, 0.717) is 19.0 Å². The SMILES string of the molecule is CCNC(=NCc1ncc(CC)s1)NCCS(=O)(=O)CC. The van der Waals surface area contributed by atoms with Crippen LogP contribution in [0, 0.1) is 0 Å². The largest absolute Gasteiger partial charge is 0.357 e. The van der Waals surface area contributed by atoms with Gasteiger partial charge in [0, 0.05) is 29.9 Å². The molecule has 0 aliphatic heterocycles. The van der Waals surface area contributed by atoms with Gasteiger partial charge in [0.25, 0.3) is 0 Å². The normalized spacial score (nSPS) is 12.4. The predicted octanol–water partition coefficient (Wildman–Crippen LogP) is 1.20. The third kappa shape index (κ3) is 6.90. The van der Waals surface area contributed by atoms with E-state index in [2.05, 4.69) is 27.5 Å². The Morgan fingerprint density at radius 1 is 1.33 bits per heavy atom. The maximum atomic E-state index is 11.4.